The number of hydrogen-bond donors (Lipinski definition) is 2. The quantitative estimate of drug-likeness (QED) is 0.699. The van der Waals surface area contributed by atoms with Crippen LogP contribution in [0.25, 0.3) is 0 Å². The number of esters is 1. The molecule has 7 nitrogen and oxygen atoms in total. The molecule has 0 bridgehead atoms. The molecule has 2 N–H and O–H groups in total. The summed E-state index contributed by atoms with van der Waals surface area (Å²) in [5.74, 6) is -1.07. The second-order valence-corrected chi connectivity index (χ2v) is 6.37. The van der Waals surface area contributed by atoms with Gasteiger partial charge in [0.2, 0.25) is 0 Å². The van der Waals surface area contributed by atoms with Crippen molar-refractivity contribution >= 4 is 5.97 Å². The van der Waals surface area contributed by atoms with E-state index in [1.807, 2.05) is 13.8 Å². The minimum absolute atomic E-state index is 0.161. The first-order valence-electron chi connectivity index (χ1n) is 7.23. The molecule has 2 aliphatic heterocycles. The van der Waals surface area contributed by atoms with Crippen molar-refractivity contribution in [2.45, 2.75) is 70.6 Å². The molecule has 0 aromatic carbocycles. The van der Waals surface area contributed by atoms with E-state index in [2.05, 4.69) is 0 Å². The van der Waals surface area contributed by atoms with Gasteiger partial charge in [0.05, 0.1) is 6.61 Å². The van der Waals surface area contributed by atoms with Crippen LogP contribution in [0, 0.1) is 5.92 Å². The van der Waals surface area contributed by atoms with Crippen molar-refractivity contribution < 1.29 is 34.0 Å². The molecule has 0 saturated carbocycles. The molecule has 0 aromatic rings. The molecule has 7 heteroatoms. The van der Waals surface area contributed by atoms with Crippen molar-refractivity contribution in [3.8, 4) is 0 Å². The molecule has 0 aromatic heterocycles. The minimum atomic E-state index is -1.16. The summed E-state index contributed by atoms with van der Waals surface area (Å²) in [6.07, 6.45) is -3.89. The lowest BCUT2D eigenvalue weighted by Gasteiger charge is -2.27. The van der Waals surface area contributed by atoms with Crippen molar-refractivity contribution in [3.05, 3.63) is 0 Å². The van der Waals surface area contributed by atoms with E-state index in [9.17, 15) is 9.90 Å². The van der Waals surface area contributed by atoms with Crippen molar-refractivity contribution in [1.82, 2.24) is 0 Å². The highest BCUT2D eigenvalue weighted by Crippen LogP contribution is 2.39. The average Bonchev–Trinajstić information content (AvgIpc) is 2.81. The first-order valence-corrected chi connectivity index (χ1v) is 7.23. The minimum Gasteiger partial charge on any atom is -0.456 e. The SMILES string of the molecule is CC(C)CC(=O)O[C@@H]1[C@H]2OC(C)(C)O[C@H]2O[C@@H]1[C@H](O)CO. The van der Waals surface area contributed by atoms with Crippen LogP contribution in [-0.4, -0.2) is 59.3 Å². The Hall–Kier alpha value is -0.730. The molecule has 2 heterocycles. The van der Waals surface area contributed by atoms with Gasteiger partial charge in [-0.15, -0.1) is 0 Å². The molecule has 2 saturated heterocycles. The summed E-state index contributed by atoms with van der Waals surface area (Å²) in [7, 11) is 0. The lowest BCUT2D eigenvalue weighted by molar-refractivity contribution is -0.231. The van der Waals surface area contributed by atoms with Crippen molar-refractivity contribution in [1.29, 1.82) is 0 Å². The van der Waals surface area contributed by atoms with E-state index < -0.39 is 43.1 Å². The number of carbonyl (C=O) groups excluding carboxylic acids is 1. The van der Waals surface area contributed by atoms with E-state index in [0.717, 1.165) is 0 Å². The normalized spacial score (nSPS) is 35.8. The van der Waals surface area contributed by atoms with Gasteiger partial charge in [0.25, 0.3) is 0 Å². The highest BCUT2D eigenvalue weighted by molar-refractivity contribution is 5.70. The number of ether oxygens (including phenoxy) is 4. The summed E-state index contributed by atoms with van der Waals surface area (Å²) in [5, 5.41) is 18.9. The maximum atomic E-state index is 11.9. The zero-order valence-corrected chi connectivity index (χ0v) is 12.8. The predicted octanol–water partition coefficient (Wildman–Crippen LogP) is 0.174. The van der Waals surface area contributed by atoms with Gasteiger partial charge in [0.1, 0.15) is 12.2 Å². The first-order chi connectivity index (χ1) is 9.73. The maximum Gasteiger partial charge on any atom is 0.306 e. The zero-order valence-electron chi connectivity index (χ0n) is 12.8. The van der Waals surface area contributed by atoms with Crippen molar-refractivity contribution in [2.75, 3.05) is 6.61 Å². The third kappa shape index (κ3) is 3.73. The van der Waals surface area contributed by atoms with Crippen LogP contribution in [0.15, 0.2) is 0 Å². The van der Waals surface area contributed by atoms with Crippen LogP contribution in [0.5, 0.6) is 0 Å². The van der Waals surface area contributed by atoms with Crippen LogP contribution in [0.1, 0.15) is 34.1 Å². The van der Waals surface area contributed by atoms with E-state index in [1.165, 1.54) is 0 Å². The van der Waals surface area contributed by atoms with Gasteiger partial charge >= 0.3 is 5.97 Å². The Kier molecular flexibility index (Phi) is 4.89. The fourth-order valence-corrected chi connectivity index (χ4v) is 2.59. The number of aliphatic hydroxyl groups is 2. The molecule has 2 rings (SSSR count). The van der Waals surface area contributed by atoms with Crippen molar-refractivity contribution in [2.24, 2.45) is 5.92 Å². The molecule has 21 heavy (non-hydrogen) atoms. The molecule has 0 spiro atoms. The molecular weight excluding hydrogens is 280 g/mol. The largest absolute Gasteiger partial charge is 0.456 e. The summed E-state index contributed by atoms with van der Waals surface area (Å²) in [4.78, 5) is 11.9. The number of rotatable bonds is 5. The molecule has 0 unspecified atom stereocenters. The van der Waals surface area contributed by atoms with Gasteiger partial charge in [-0.25, -0.2) is 0 Å². The van der Waals surface area contributed by atoms with E-state index >= 15 is 0 Å². The molecule has 2 fully saturated rings. The number of hydrogen-bond acceptors (Lipinski definition) is 7. The molecule has 5 atom stereocenters. The summed E-state index contributed by atoms with van der Waals surface area (Å²) < 4.78 is 22.2. The van der Waals surface area contributed by atoms with Gasteiger partial charge in [-0.05, 0) is 19.8 Å². The third-order valence-corrected chi connectivity index (χ3v) is 3.44. The summed E-state index contributed by atoms with van der Waals surface area (Å²) in [5.41, 5.74) is 0. The number of aliphatic hydroxyl groups excluding tert-OH is 2. The van der Waals surface area contributed by atoms with Gasteiger partial charge in [0.15, 0.2) is 24.3 Å². The summed E-state index contributed by atoms with van der Waals surface area (Å²) in [6, 6.07) is 0. The zero-order chi connectivity index (χ0) is 15.8. The highest BCUT2D eigenvalue weighted by Gasteiger charge is 2.58. The Morgan fingerprint density at radius 3 is 2.57 bits per heavy atom. The second-order valence-electron chi connectivity index (χ2n) is 6.37. The number of fused-ring (bicyclic) bond motifs is 1. The van der Waals surface area contributed by atoms with Gasteiger partial charge in [-0.2, -0.15) is 0 Å². The first kappa shape index (κ1) is 16.6. The molecule has 0 amide bonds. The standard InChI is InChI=1S/C14H24O7/c1-7(2)5-9(17)18-11-10(8(16)6-15)19-13-12(11)20-14(3,4)21-13/h7-8,10-13,15-16H,5-6H2,1-4H3/t8-,10-,11+,12-,13-/m1/s1. The van der Waals surface area contributed by atoms with Gasteiger partial charge in [0, 0.05) is 6.42 Å². The predicted molar refractivity (Wildman–Crippen MR) is 71.1 cm³/mol. The van der Waals surface area contributed by atoms with E-state index in [-0.39, 0.29) is 18.3 Å². The van der Waals surface area contributed by atoms with Crippen LogP contribution in [0.4, 0.5) is 0 Å². The second kappa shape index (κ2) is 6.18. The Labute approximate surface area is 124 Å². The van der Waals surface area contributed by atoms with E-state index in [1.54, 1.807) is 13.8 Å². The molecule has 122 valence electrons. The fourth-order valence-electron chi connectivity index (χ4n) is 2.59. The highest BCUT2D eigenvalue weighted by atomic mass is 16.8. The van der Waals surface area contributed by atoms with E-state index in [4.69, 9.17) is 24.1 Å². The molecular formula is C14H24O7. The Morgan fingerprint density at radius 2 is 2.00 bits per heavy atom. The summed E-state index contributed by atoms with van der Waals surface area (Å²) >= 11 is 0. The third-order valence-electron chi connectivity index (χ3n) is 3.44. The maximum absolute atomic E-state index is 11.9. The monoisotopic (exact) mass is 304 g/mol. The van der Waals surface area contributed by atoms with Crippen LogP contribution in [0.2, 0.25) is 0 Å². The fraction of sp³-hybridized carbons (Fsp3) is 0.929. The Morgan fingerprint density at radius 1 is 1.33 bits per heavy atom. The topological polar surface area (TPSA) is 94.5 Å². The lowest BCUT2D eigenvalue weighted by Crippen LogP contribution is -2.45. The van der Waals surface area contributed by atoms with Crippen LogP contribution in [-0.2, 0) is 23.7 Å². The van der Waals surface area contributed by atoms with Gasteiger partial charge in [-0.1, -0.05) is 13.8 Å². The van der Waals surface area contributed by atoms with Crippen LogP contribution in [0.3, 0.4) is 0 Å². The van der Waals surface area contributed by atoms with Gasteiger partial charge < -0.3 is 29.2 Å². The van der Waals surface area contributed by atoms with Crippen LogP contribution < -0.4 is 0 Å². The summed E-state index contributed by atoms with van der Waals surface area (Å²) in [6.45, 7) is 6.80. The Balaban J connectivity index is 2.09. The lowest BCUT2D eigenvalue weighted by atomic mass is 10.1. The molecule has 0 aliphatic carbocycles. The van der Waals surface area contributed by atoms with Crippen molar-refractivity contribution in [3.63, 3.8) is 0 Å². The average molecular weight is 304 g/mol. The van der Waals surface area contributed by atoms with Gasteiger partial charge in [-0.3, -0.25) is 4.79 Å². The van der Waals surface area contributed by atoms with E-state index in [0.29, 0.717) is 0 Å². The molecule has 0 radical (unpaired) electrons. The smallest absolute Gasteiger partial charge is 0.306 e. The number of carbonyl (C=O) groups is 1. The van der Waals surface area contributed by atoms with Crippen LogP contribution >= 0.6 is 0 Å². The Bertz CT molecular complexity index is 382. The molecule has 2 aliphatic rings.